The summed E-state index contributed by atoms with van der Waals surface area (Å²) in [5, 5.41) is 14.1. The number of nitrogens with one attached hydrogen (secondary N) is 3. The van der Waals surface area contributed by atoms with Crippen LogP contribution >= 0.6 is 0 Å². The van der Waals surface area contributed by atoms with Gasteiger partial charge >= 0.3 is 5.97 Å². The number of carboxylic acids is 1. The lowest BCUT2D eigenvalue weighted by Gasteiger charge is -2.09. The van der Waals surface area contributed by atoms with Crippen LogP contribution in [0.3, 0.4) is 0 Å². The van der Waals surface area contributed by atoms with Gasteiger partial charge in [0.1, 0.15) is 17.5 Å². The van der Waals surface area contributed by atoms with Gasteiger partial charge in [0.2, 0.25) is 0 Å². The summed E-state index contributed by atoms with van der Waals surface area (Å²) < 4.78 is 11.2. The lowest BCUT2D eigenvalue weighted by Crippen LogP contribution is -2.38. The maximum absolute atomic E-state index is 12.4. The number of carbonyl (C=O) groups is 3. The van der Waals surface area contributed by atoms with Crippen LogP contribution in [0, 0.1) is 6.92 Å². The number of benzene rings is 1. The smallest absolute Gasteiger partial charge is 0.325 e. The Kier molecular flexibility index (Phi) is 6.63. The van der Waals surface area contributed by atoms with Crippen LogP contribution in [-0.4, -0.2) is 38.9 Å². The molecule has 1 unspecified atom stereocenters. The summed E-state index contributed by atoms with van der Waals surface area (Å²) in [5.41, 5.74) is 2.62. The Morgan fingerprint density at radius 3 is 2.63 bits per heavy atom. The molecule has 0 bridgehead atoms. The number of hydrogen-bond acceptors (Lipinski definition) is 6. The van der Waals surface area contributed by atoms with Crippen LogP contribution in [0.4, 0.5) is 5.69 Å². The van der Waals surface area contributed by atoms with Gasteiger partial charge in [0.15, 0.2) is 5.76 Å². The van der Waals surface area contributed by atoms with Crippen molar-refractivity contribution in [1.82, 2.24) is 15.3 Å². The number of aliphatic carboxylic acids is 1. The molecule has 3 heterocycles. The molecule has 0 spiro atoms. The number of pyridine rings is 1. The molecule has 1 atom stereocenters. The Bertz CT molecular complexity index is 1390. The number of anilines is 1. The third-order valence-electron chi connectivity index (χ3n) is 5.07. The molecule has 10 nitrogen and oxygen atoms in total. The highest BCUT2D eigenvalue weighted by atomic mass is 16.5. The Morgan fingerprint density at radius 1 is 1.09 bits per heavy atom. The molecule has 2 amide bonds. The third kappa shape index (κ3) is 5.56. The molecule has 10 heteroatoms. The van der Waals surface area contributed by atoms with Gasteiger partial charge in [0.25, 0.3) is 11.8 Å². The minimum Gasteiger partial charge on any atom is -0.480 e. The van der Waals surface area contributed by atoms with Gasteiger partial charge in [0.05, 0.1) is 23.2 Å². The number of ether oxygens (including phenoxy) is 1. The number of amides is 2. The SMILES string of the molecule is Cc1ccoc1C(=O)Nc1cccc(Oc2ccnc(-c3cc(C(=O)NC(C)C(=O)O)c[nH]3)c2)c1. The summed E-state index contributed by atoms with van der Waals surface area (Å²) in [6.45, 7) is 3.17. The average Bonchev–Trinajstić information content (AvgIpc) is 3.49. The van der Waals surface area contributed by atoms with Gasteiger partial charge in [-0.2, -0.15) is 0 Å². The number of nitrogens with zero attached hydrogens (tertiary/aromatic N) is 1. The van der Waals surface area contributed by atoms with Gasteiger partial charge in [-0.15, -0.1) is 0 Å². The van der Waals surface area contributed by atoms with Crippen molar-refractivity contribution in [3.8, 4) is 22.9 Å². The Labute approximate surface area is 200 Å². The van der Waals surface area contributed by atoms with Gasteiger partial charge in [0, 0.05) is 35.8 Å². The fourth-order valence-electron chi connectivity index (χ4n) is 3.20. The minimum absolute atomic E-state index is 0.242. The molecule has 4 rings (SSSR count). The quantitative estimate of drug-likeness (QED) is 0.299. The fraction of sp³-hybridized carbons (Fsp3) is 0.120. The van der Waals surface area contributed by atoms with Crippen LogP contribution in [0.2, 0.25) is 0 Å². The number of furan rings is 1. The van der Waals surface area contributed by atoms with Crippen molar-refractivity contribution in [2.45, 2.75) is 19.9 Å². The van der Waals surface area contributed by atoms with E-state index < -0.39 is 17.9 Å². The molecule has 0 aliphatic carbocycles. The summed E-state index contributed by atoms with van der Waals surface area (Å²) in [7, 11) is 0. The predicted octanol–water partition coefficient (Wildman–Crippen LogP) is 4.23. The summed E-state index contributed by atoms with van der Waals surface area (Å²) in [4.78, 5) is 42.8. The van der Waals surface area contributed by atoms with Crippen molar-refractivity contribution in [1.29, 1.82) is 0 Å². The molecule has 0 radical (unpaired) electrons. The maximum Gasteiger partial charge on any atom is 0.325 e. The number of carboxylic acid groups (broad SMARTS) is 1. The first-order valence-corrected chi connectivity index (χ1v) is 10.6. The van der Waals surface area contributed by atoms with Crippen LogP contribution in [-0.2, 0) is 4.79 Å². The molecule has 1 aromatic carbocycles. The second kappa shape index (κ2) is 9.96. The number of hydrogen-bond donors (Lipinski definition) is 4. The van der Waals surface area contributed by atoms with Crippen molar-refractivity contribution in [3.05, 3.63) is 84.1 Å². The average molecular weight is 474 g/mol. The van der Waals surface area contributed by atoms with Gasteiger partial charge in [-0.3, -0.25) is 19.4 Å². The van der Waals surface area contributed by atoms with Crippen molar-refractivity contribution in [2.24, 2.45) is 0 Å². The molecule has 0 fully saturated rings. The number of aryl methyl sites for hydroxylation is 1. The van der Waals surface area contributed by atoms with Crippen LogP contribution in [0.5, 0.6) is 11.5 Å². The minimum atomic E-state index is -1.12. The number of aromatic amines is 1. The van der Waals surface area contributed by atoms with E-state index in [1.165, 1.54) is 19.4 Å². The normalized spacial score (nSPS) is 11.5. The van der Waals surface area contributed by atoms with E-state index in [0.29, 0.717) is 28.6 Å². The van der Waals surface area contributed by atoms with Crippen LogP contribution in [0.25, 0.3) is 11.4 Å². The molecule has 0 saturated carbocycles. The van der Waals surface area contributed by atoms with E-state index in [0.717, 1.165) is 5.56 Å². The highest BCUT2D eigenvalue weighted by molar-refractivity contribution is 6.03. The fourth-order valence-corrected chi connectivity index (χ4v) is 3.20. The van der Waals surface area contributed by atoms with E-state index in [9.17, 15) is 14.4 Å². The maximum atomic E-state index is 12.4. The van der Waals surface area contributed by atoms with Crippen LogP contribution in [0.15, 0.2) is 71.6 Å². The number of H-pyrrole nitrogens is 1. The van der Waals surface area contributed by atoms with Crippen LogP contribution in [0.1, 0.15) is 33.4 Å². The molecule has 178 valence electrons. The van der Waals surface area contributed by atoms with Gasteiger partial charge < -0.3 is 29.9 Å². The highest BCUT2D eigenvalue weighted by Crippen LogP contribution is 2.27. The molecule has 4 N–H and O–H groups in total. The third-order valence-corrected chi connectivity index (χ3v) is 5.07. The van der Waals surface area contributed by atoms with Gasteiger partial charge in [-0.1, -0.05) is 6.07 Å². The van der Waals surface area contributed by atoms with E-state index in [1.807, 2.05) is 0 Å². The Balaban J connectivity index is 1.46. The van der Waals surface area contributed by atoms with Crippen molar-refractivity contribution < 1.29 is 28.6 Å². The van der Waals surface area contributed by atoms with Crippen molar-refractivity contribution in [2.75, 3.05) is 5.32 Å². The molecule has 4 aromatic rings. The first-order valence-electron chi connectivity index (χ1n) is 10.6. The molecule has 0 aliphatic rings. The number of rotatable bonds is 8. The summed E-state index contributed by atoms with van der Waals surface area (Å²) >= 11 is 0. The van der Waals surface area contributed by atoms with E-state index in [2.05, 4.69) is 20.6 Å². The monoisotopic (exact) mass is 474 g/mol. The molecular formula is C25H22N4O6. The standard InChI is InChI=1S/C25H22N4O6/c1-14-7-9-34-22(14)24(31)29-17-4-3-5-18(11-17)35-19-6-8-26-21(12-19)20-10-16(13-27-20)23(30)28-15(2)25(32)33/h3-13,15,27H,1-2H3,(H,28,30)(H,29,31)(H,32,33). The van der Waals surface area contributed by atoms with Crippen molar-refractivity contribution in [3.63, 3.8) is 0 Å². The van der Waals surface area contributed by atoms with Gasteiger partial charge in [-0.25, -0.2) is 0 Å². The van der Waals surface area contributed by atoms with Gasteiger partial charge in [-0.05, 0) is 44.2 Å². The zero-order valence-corrected chi connectivity index (χ0v) is 18.9. The zero-order chi connectivity index (χ0) is 24.9. The summed E-state index contributed by atoms with van der Waals surface area (Å²) in [6.07, 6.45) is 4.49. The van der Waals surface area contributed by atoms with Crippen LogP contribution < -0.4 is 15.4 Å². The first-order chi connectivity index (χ1) is 16.8. The topological polar surface area (TPSA) is 147 Å². The van der Waals surface area contributed by atoms with E-state index >= 15 is 0 Å². The zero-order valence-electron chi connectivity index (χ0n) is 18.9. The van der Waals surface area contributed by atoms with E-state index in [-0.39, 0.29) is 17.2 Å². The molecule has 35 heavy (non-hydrogen) atoms. The first kappa shape index (κ1) is 23.3. The second-order valence-electron chi connectivity index (χ2n) is 7.73. The summed E-state index contributed by atoms with van der Waals surface area (Å²) in [6, 6.07) is 12.5. The summed E-state index contributed by atoms with van der Waals surface area (Å²) in [5.74, 6) is -0.781. The number of aromatic nitrogens is 2. The largest absolute Gasteiger partial charge is 0.480 e. The molecule has 0 saturated heterocycles. The number of carbonyl (C=O) groups excluding carboxylic acids is 2. The van der Waals surface area contributed by atoms with Crippen molar-refractivity contribution >= 4 is 23.5 Å². The van der Waals surface area contributed by atoms with E-state index in [4.69, 9.17) is 14.3 Å². The lowest BCUT2D eigenvalue weighted by atomic mass is 10.2. The molecule has 0 aliphatic heterocycles. The second-order valence-corrected chi connectivity index (χ2v) is 7.73. The highest BCUT2D eigenvalue weighted by Gasteiger charge is 2.17. The molecule has 3 aromatic heterocycles. The lowest BCUT2D eigenvalue weighted by molar-refractivity contribution is -0.138. The molecular weight excluding hydrogens is 452 g/mol. The Morgan fingerprint density at radius 2 is 1.89 bits per heavy atom. The van der Waals surface area contributed by atoms with E-state index in [1.54, 1.807) is 61.7 Å². The Hall–Kier alpha value is -4.86. The predicted molar refractivity (Wildman–Crippen MR) is 127 cm³/mol.